The van der Waals surface area contributed by atoms with Gasteiger partial charge in [-0.15, -0.1) is 0 Å². The van der Waals surface area contributed by atoms with E-state index in [2.05, 4.69) is 0 Å². The van der Waals surface area contributed by atoms with E-state index in [1.807, 2.05) is 6.07 Å². The normalized spacial score (nSPS) is 10.8. The van der Waals surface area contributed by atoms with Crippen molar-refractivity contribution in [3.8, 4) is 0 Å². The molecule has 0 radical (unpaired) electrons. The fourth-order valence-electron chi connectivity index (χ4n) is 2.19. The van der Waals surface area contributed by atoms with Gasteiger partial charge in [0.25, 0.3) is 5.91 Å². The summed E-state index contributed by atoms with van der Waals surface area (Å²) in [6, 6.07) is 14.9. The van der Waals surface area contributed by atoms with E-state index >= 15 is 0 Å². The highest BCUT2D eigenvalue weighted by atomic mass is 19.4. The van der Waals surface area contributed by atoms with E-state index in [4.69, 9.17) is 0 Å². The van der Waals surface area contributed by atoms with Crippen LogP contribution in [0.3, 0.4) is 0 Å². The van der Waals surface area contributed by atoms with Crippen molar-refractivity contribution in [3.05, 3.63) is 65.7 Å². The molecule has 0 spiro atoms. The number of benzene rings is 2. The fourth-order valence-corrected chi connectivity index (χ4v) is 2.19. The lowest BCUT2D eigenvalue weighted by Gasteiger charge is -2.21. The van der Waals surface area contributed by atoms with Crippen LogP contribution in [-0.4, -0.2) is 23.9 Å². The van der Waals surface area contributed by atoms with Gasteiger partial charge in [0.2, 0.25) is 5.91 Å². The number of nitrogens with zero attached hydrogens (tertiary/aromatic N) is 1. The zero-order chi connectivity index (χ0) is 20.0. The molecule has 2 aromatic rings. The van der Waals surface area contributed by atoms with Gasteiger partial charge in [0, 0.05) is 18.2 Å². The second-order valence-corrected chi connectivity index (χ2v) is 5.54. The summed E-state index contributed by atoms with van der Waals surface area (Å²) in [7, 11) is 0. The van der Waals surface area contributed by atoms with Crippen LogP contribution in [0.15, 0.2) is 54.6 Å². The summed E-state index contributed by atoms with van der Waals surface area (Å²) in [6.45, 7) is 1.68. The molecule has 0 fully saturated rings. The zero-order valence-corrected chi connectivity index (χ0v) is 14.2. The summed E-state index contributed by atoms with van der Waals surface area (Å²) in [6.07, 6.45) is -5.09. The number of halogens is 3. The maximum atomic E-state index is 12.1. The number of nitrogens with one attached hydrogen (secondary N) is 2. The Kier molecular flexibility index (Phi) is 6.17. The van der Waals surface area contributed by atoms with Crippen molar-refractivity contribution < 1.29 is 27.6 Å². The van der Waals surface area contributed by atoms with Gasteiger partial charge in [0.15, 0.2) is 0 Å². The highest BCUT2D eigenvalue weighted by Gasteiger charge is 2.38. The van der Waals surface area contributed by atoms with E-state index < -0.39 is 18.0 Å². The largest absolute Gasteiger partial charge is 0.472 e. The van der Waals surface area contributed by atoms with Gasteiger partial charge in [0.1, 0.15) is 0 Å². The van der Waals surface area contributed by atoms with Crippen molar-refractivity contribution in [1.29, 1.82) is 0 Å². The Balaban J connectivity index is 2.03. The Morgan fingerprint density at radius 2 is 1.52 bits per heavy atom. The molecular formula is C18H16F3N3O3. The highest BCUT2D eigenvalue weighted by molar-refractivity contribution is 5.96. The number of hydrogen-bond donors (Lipinski definition) is 2. The lowest BCUT2D eigenvalue weighted by atomic mass is 10.1. The minimum Gasteiger partial charge on any atom is -0.308 e. The van der Waals surface area contributed by atoms with Gasteiger partial charge in [-0.05, 0) is 29.8 Å². The van der Waals surface area contributed by atoms with Gasteiger partial charge >= 0.3 is 12.1 Å². The minimum absolute atomic E-state index is 0.0512. The maximum absolute atomic E-state index is 12.1. The predicted octanol–water partition coefficient (Wildman–Crippen LogP) is 2.56. The first-order valence-corrected chi connectivity index (χ1v) is 7.78. The van der Waals surface area contributed by atoms with Crippen LogP contribution in [0.5, 0.6) is 0 Å². The Labute approximate surface area is 152 Å². The van der Waals surface area contributed by atoms with Gasteiger partial charge in [-0.1, -0.05) is 30.3 Å². The number of carbonyl (C=O) groups is 3. The number of anilines is 1. The average Bonchev–Trinajstić information content (AvgIpc) is 2.64. The first-order chi connectivity index (χ1) is 12.7. The van der Waals surface area contributed by atoms with Crippen LogP contribution in [0.4, 0.5) is 18.9 Å². The molecule has 2 rings (SSSR count). The van der Waals surface area contributed by atoms with Crippen molar-refractivity contribution in [2.45, 2.75) is 19.6 Å². The molecule has 0 atom stereocenters. The lowest BCUT2D eigenvalue weighted by molar-refractivity contribution is -0.174. The molecule has 0 unspecified atom stereocenters. The van der Waals surface area contributed by atoms with Crippen molar-refractivity contribution in [2.24, 2.45) is 0 Å². The molecule has 0 heterocycles. The summed E-state index contributed by atoms with van der Waals surface area (Å²) in [4.78, 5) is 35.9. The highest BCUT2D eigenvalue weighted by Crippen LogP contribution is 2.17. The molecule has 0 aliphatic heterocycles. The first kappa shape index (κ1) is 20.0. The SMILES string of the molecule is CC(=O)N(Cc1ccc(C(=O)NNC(=O)C(F)(F)F)cc1)c1ccccc1. The third-order valence-electron chi connectivity index (χ3n) is 3.55. The predicted molar refractivity (Wildman–Crippen MR) is 91.4 cm³/mol. The van der Waals surface area contributed by atoms with Crippen LogP contribution >= 0.6 is 0 Å². The molecule has 0 aliphatic rings. The van der Waals surface area contributed by atoms with Gasteiger partial charge in [-0.2, -0.15) is 13.2 Å². The second-order valence-electron chi connectivity index (χ2n) is 5.54. The maximum Gasteiger partial charge on any atom is 0.472 e. The molecule has 9 heteroatoms. The van der Waals surface area contributed by atoms with Gasteiger partial charge in [0.05, 0.1) is 6.54 Å². The topological polar surface area (TPSA) is 78.5 Å². The number of hydrazine groups is 1. The van der Waals surface area contributed by atoms with E-state index in [1.165, 1.54) is 24.5 Å². The Bertz CT molecular complexity index is 821. The Morgan fingerprint density at radius 3 is 2.04 bits per heavy atom. The average molecular weight is 379 g/mol. The molecular weight excluding hydrogens is 363 g/mol. The van der Waals surface area contributed by atoms with E-state index in [0.717, 1.165) is 0 Å². The molecule has 2 N–H and O–H groups in total. The Morgan fingerprint density at radius 1 is 0.926 bits per heavy atom. The van der Waals surface area contributed by atoms with E-state index in [0.29, 0.717) is 11.3 Å². The number of para-hydroxylation sites is 1. The smallest absolute Gasteiger partial charge is 0.308 e. The third kappa shape index (κ3) is 5.56. The van der Waals surface area contributed by atoms with Crippen molar-refractivity contribution in [2.75, 3.05) is 4.90 Å². The molecule has 0 aliphatic carbocycles. The van der Waals surface area contributed by atoms with Gasteiger partial charge < -0.3 is 4.90 Å². The third-order valence-corrected chi connectivity index (χ3v) is 3.55. The molecule has 0 bridgehead atoms. The van der Waals surface area contributed by atoms with E-state index in [1.54, 1.807) is 46.7 Å². The van der Waals surface area contributed by atoms with Crippen LogP contribution in [0.1, 0.15) is 22.8 Å². The van der Waals surface area contributed by atoms with Crippen LogP contribution in [0.25, 0.3) is 0 Å². The summed E-state index contributed by atoms with van der Waals surface area (Å²) in [5, 5.41) is 0. The number of carbonyl (C=O) groups excluding carboxylic acids is 3. The fraction of sp³-hybridized carbons (Fsp3) is 0.167. The summed E-state index contributed by atoms with van der Waals surface area (Å²) in [5.41, 5.74) is 4.45. The molecule has 0 saturated carbocycles. The number of rotatable bonds is 4. The van der Waals surface area contributed by atoms with Crippen LogP contribution in [-0.2, 0) is 16.1 Å². The standard InChI is InChI=1S/C18H16F3N3O3/c1-12(25)24(15-5-3-2-4-6-15)11-13-7-9-14(10-8-13)16(26)22-23-17(27)18(19,20)21/h2-10H,11H2,1H3,(H,22,26)(H,23,27). The molecule has 27 heavy (non-hydrogen) atoms. The number of amides is 3. The summed E-state index contributed by atoms with van der Waals surface area (Å²) < 4.78 is 36.3. The minimum atomic E-state index is -5.09. The van der Waals surface area contributed by atoms with Crippen molar-refractivity contribution >= 4 is 23.4 Å². The quantitative estimate of drug-likeness (QED) is 0.802. The summed E-state index contributed by atoms with van der Waals surface area (Å²) in [5.74, 6) is -3.34. The zero-order valence-electron chi connectivity index (χ0n) is 14.2. The van der Waals surface area contributed by atoms with Crippen LogP contribution in [0, 0.1) is 0 Å². The molecule has 3 amide bonds. The molecule has 0 saturated heterocycles. The molecule has 142 valence electrons. The van der Waals surface area contributed by atoms with Gasteiger partial charge in [-0.3, -0.25) is 25.2 Å². The monoisotopic (exact) mass is 379 g/mol. The number of hydrogen-bond acceptors (Lipinski definition) is 3. The van der Waals surface area contributed by atoms with Crippen LogP contribution in [0.2, 0.25) is 0 Å². The molecule has 0 aromatic heterocycles. The first-order valence-electron chi connectivity index (χ1n) is 7.78. The molecule has 2 aromatic carbocycles. The van der Waals surface area contributed by atoms with E-state index in [-0.39, 0.29) is 18.0 Å². The summed E-state index contributed by atoms with van der Waals surface area (Å²) >= 11 is 0. The Hall–Kier alpha value is -3.36. The number of alkyl halides is 3. The van der Waals surface area contributed by atoms with Crippen molar-refractivity contribution in [3.63, 3.8) is 0 Å². The second kappa shape index (κ2) is 8.35. The van der Waals surface area contributed by atoms with Crippen LogP contribution < -0.4 is 15.8 Å². The van der Waals surface area contributed by atoms with E-state index in [9.17, 15) is 27.6 Å². The van der Waals surface area contributed by atoms with Crippen molar-refractivity contribution in [1.82, 2.24) is 10.9 Å². The van der Waals surface area contributed by atoms with Gasteiger partial charge in [-0.25, -0.2) is 0 Å². The molecule has 6 nitrogen and oxygen atoms in total. The lowest BCUT2D eigenvalue weighted by Crippen LogP contribution is -2.47.